The molecule has 8 nitrogen and oxygen atoms in total. The minimum absolute atomic E-state index is 0.0222. The highest BCUT2D eigenvalue weighted by atomic mass is 16.6. The molecule has 118 valence electrons. The summed E-state index contributed by atoms with van der Waals surface area (Å²) in [6.07, 6.45) is 0. The van der Waals surface area contributed by atoms with Crippen molar-refractivity contribution in [2.75, 3.05) is 0 Å². The lowest BCUT2D eigenvalue weighted by Crippen LogP contribution is -2.22. The monoisotopic (exact) mass is 315 g/mol. The number of rotatable bonds is 5. The molecule has 0 aromatic heterocycles. The third-order valence-electron chi connectivity index (χ3n) is 3.26. The van der Waals surface area contributed by atoms with Crippen LogP contribution in [0.1, 0.15) is 21.5 Å². The molecule has 2 rings (SSSR count). The van der Waals surface area contributed by atoms with Gasteiger partial charge in [-0.05, 0) is 24.6 Å². The van der Waals surface area contributed by atoms with E-state index >= 15 is 0 Å². The second kappa shape index (κ2) is 6.65. The molecular weight excluding hydrogens is 302 g/mol. The summed E-state index contributed by atoms with van der Waals surface area (Å²) >= 11 is 0. The zero-order valence-electron chi connectivity index (χ0n) is 12.2. The van der Waals surface area contributed by atoms with Crippen LogP contribution in [0.15, 0.2) is 42.5 Å². The van der Waals surface area contributed by atoms with Gasteiger partial charge in [0, 0.05) is 35.9 Å². The van der Waals surface area contributed by atoms with E-state index in [4.69, 9.17) is 0 Å². The summed E-state index contributed by atoms with van der Waals surface area (Å²) in [4.78, 5) is 32.3. The molecule has 2 aromatic carbocycles. The number of nitrogens with one attached hydrogen (secondary N) is 1. The van der Waals surface area contributed by atoms with Crippen LogP contribution in [0.25, 0.3) is 0 Å². The summed E-state index contributed by atoms with van der Waals surface area (Å²) in [5.74, 6) is -0.374. The van der Waals surface area contributed by atoms with Crippen LogP contribution in [0.5, 0.6) is 0 Å². The zero-order chi connectivity index (χ0) is 17.0. The fourth-order valence-electron chi connectivity index (χ4n) is 2.02. The van der Waals surface area contributed by atoms with Crippen molar-refractivity contribution in [3.63, 3.8) is 0 Å². The van der Waals surface area contributed by atoms with Gasteiger partial charge in [0.15, 0.2) is 0 Å². The maximum Gasteiger partial charge on any atom is 0.272 e. The second-order valence-electron chi connectivity index (χ2n) is 4.86. The van der Waals surface area contributed by atoms with Crippen molar-refractivity contribution in [1.82, 2.24) is 5.32 Å². The van der Waals surface area contributed by atoms with Crippen molar-refractivity contribution in [3.8, 4) is 0 Å². The summed E-state index contributed by atoms with van der Waals surface area (Å²) < 4.78 is 0. The van der Waals surface area contributed by atoms with Crippen molar-refractivity contribution in [1.29, 1.82) is 0 Å². The van der Waals surface area contributed by atoms with Crippen LogP contribution in [-0.2, 0) is 6.54 Å². The summed E-state index contributed by atoms with van der Waals surface area (Å²) in [5.41, 5.74) is 1.36. The fourth-order valence-corrected chi connectivity index (χ4v) is 2.02. The van der Waals surface area contributed by atoms with Gasteiger partial charge in [-0.25, -0.2) is 0 Å². The molecule has 2 aromatic rings. The van der Waals surface area contributed by atoms with E-state index in [0.717, 1.165) is 0 Å². The van der Waals surface area contributed by atoms with Crippen LogP contribution < -0.4 is 5.32 Å². The molecule has 0 aliphatic rings. The highest BCUT2D eigenvalue weighted by Gasteiger charge is 2.13. The lowest BCUT2D eigenvalue weighted by Gasteiger charge is -2.06. The minimum Gasteiger partial charge on any atom is -0.348 e. The van der Waals surface area contributed by atoms with Gasteiger partial charge in [0.2, 0.25) is 0 Å². The normalized spacial score (nSPS) is 10.1. The highest BCUT2D eigenvalue weighted by molar-refractivity contribution is 5.94. The van der Waals surface area contributed by atoms with Gasteiger partial charge < -0.3 is 5.32 Å². The molecule has 0 heterocycles. The Morgan fingerprint density at radius 3 is 2.22 bits per heavy atom. The number of benzene rings is 2. The molecule has 23 heavy (non-hydrogen) atoms. The van der Waals surface area contributed by atoms with E-state index in [1.807, 2.05) is 0 Å². The van der Waals surface area contributed by atoms with Crippen LogP contribution in [0, 0.1) is 27.2 Å². The standard InChI is InChI=1S/C15H13N3O5/c1-10-8-12(4-7-14(10)18(22)23)15(19)16-9-11-2-5-13(6-3-11)17(20)21/h2-8H,9H2,1H3,(H,16,19). The van der Waals surface area contributed by atoms with Gasteiger partial charge in [-0.2, -0.15) is 0 Å². The molecule has 0 radical (unpaired) electrons. The van der Waals surface area contributed by atoms with Crippen LogP contribution in [-0.4, -0.2) is 15.8 Å². The average Bonchev–Trinajstić information content (AvgIpc) is 2.52. The van der Waals surface area contributed by atoms with E-state index in [1.165, 1.54) is 30.3 Å². The third kappa shape index (κ3) is 3.88. The molecule has 0 atom stereocenters. The van der Waals surface area contributed by atoms with Gasteiger partial charge in [0.25, 0.3) is 17.3 Å². The Labute approximate surface area is 131 Å². The van der Waals surface area contributed by atoms with Crippen LogP contribution in [0.3, 0.4) is 0 Å². The van der Waals surface area contributed by atoms with E-state index in [0.29, 0.717) is 16.7 Å². The first kappa shape index (κ1) is 16.1. The molecule has 0 unspecified atom stereocenters. The molecule has 0 bridgehead atoms. The molecule has 0 saturated heterocycles. The fraction of sp³-hybridized carbons (Fsp3) is 0.133. The first-order valence-corrected chi connectivity index (χ1v) is 6.65. The number of amides is 1. The molecule has 0 spiro atoms. The van der Waals surface area contributed by atoms with Crippen LogP contribution >= 0.6 is 0 Å². The van der Waals surface area contributed by atoms with Gasteiger partial charge >= 0.3 is 0 Å². The number of nitrogens with zero attached hydrogens (tertiary/aromatic N) is 2. The number of nitro benzene ring substituents is 2. The zero-order valence-corrected chi connectivity index (χ0v) is 12.2. The quantitative estimate of drug-likeness (QED) is 0.672. The number of carbonyl (C=O) groups is 1. The van der Waals surface area contributed by atoms with Gasteiger partial charge in [0.1, 0.15) is 0 Å². The van der Waals surface area contributed by atoms with Gasteiger partial charge in [0.05, 0.1) is 9.85 Å². The molecule has 0 aliphatic heterocycles. The Kier molecular flexibility index (Phi) is 4.65. The smallest absolute Gasteiger partial charge is 0.272 e. The van der Waals surface area contributed by atoms with Crippen molar-refractivity contribution >= 4 is 17.3 Å². The summed E-state index contributed by atoms with van der Waals surface area (Å²) in [5, 5.41) is 24.0. The summed E-state index contributed by atoms with van der Waals surface area (Å²) in [6.45, 7) is 1.76. The summed E-state index contributed by atoms with van der Waals surface area (Å²) in [6, 6.07) is 9.95. The van der Waals surface area contributed by atoms with E-state index in [1.54, 1.807) is 19.1 Å². The predicted molar refractivity (Wildman–Crippen MR) is 82.1 cm³/mol. The topological polar surface area (TPSA) is 115 Å². The SMILES string of the molecule is Cc1cc(C(=O)NCc2ccc([N+](=O)[O-])cc2)ccc1[N+](=O)[O-]. The molecular formula is C15H13N3O5. The Bertz CT molecular complexity index is 771. The minimum atomic E-state index is -0.506. The molecule has 0 aliphatic carbocycles. The number of aryl methyl sites for hydroxylation is 1. The van der Waals surface area contributed by atoms with E-state index in [-0.39, 0.29) is 23.8 Å². The lowest BCUT2D eigenvalue weighted by atomic mass is 10.1. The number of hydrogen-bond acceptors (Lipinski definition) is 5. The maximum atomic E-state index is 12.0. The Hall–Kier alpha value is -3.29. The Morgan fingerprint density at radius 2 is 1.70 bits per heavy atom. The Morgan fingerprint density at radius 1 is 1.04 bits per heavy atom. The Balaban J connectivity index is 2.03. The number of carbonyl (C=O) groups excluding carboxylic acids is 1. The van der Waals surface area contributed by atoms with E-state index < -0.39 is 9.85 Å². The van der Waals surface area contributed by atoms with E-state index in [9.17, 15) is 25.0 Å². The largest absolute Gasteiger partial charge is 0.348 e. The average molecular weight is 315 g/mol. The van der Waals surface area contributed by atoms with Crippen molar-refractivity contribution < 1.29 is 14.6 Å². The number of hydrogen-bond donors (Lipinski definition) is 1. The number of non-ortho nitro benzene ring substituents is 1. The van der Waals surface area contributed by atoms with Crippen LogP contribution in [0.2, 0.25) is 0 Å². The number of nitro groups is 2. The molecule has 8 heteroatoms. The second-order valence-corrected chi connectivity index (χ2v) is 4.86. The van der Waals surface area contributed by atoms with Crippen LogP contribution in [0.4, 0.5) is 11.4 Å². The van der Waals surface area contributed by atoms with Gasteiger partial charge in [-0.15, -0.1) is 0 Å². The maximum absolute atomic E-state index is 12.0. The molecule has 1 N–H and O–H groups in total. The third-order valence-corrected chi connectivity index (χ3v) is 3.26. The highest BCUT2D eigenvalue weighted by Crippen LogP contribution is 2.19. The van der Waals surface area contributed by atoms with Gasteiger partial charge in [-0.3, -0.25) is 25.0 Å². The van der Waals surface area contributed by atoms with Crippen molar-refractivity contribution in [2.45, 2.75) is 13.5 Å². The predicted octanol–water partition coefficient (Wildman–Crippen LogP) is 2.74. The molecule has 1 amide bonds. The summed E-state index contributed by atoms with van der Waals surface area (Å²) in [7, 11) is 0. The molecule has 0 saturated carbocycles. The van der Waals surface area contributed by atoms with Gasteiger partial charge in [-0.1, -0.05) is 12.1 Å². The molecule has 0 fully saturated rings. The van der Waals surface area contributed by atoms with E-state index in [2.05, 4.69) is 5.32 Å². The van der Waals surface area contributed by atoms with Crippen molar-refractivity contribution in [3.05, 3.63) is 79.4 Å². The first-order chi connectivity index (χ1) is 10.9. The lowest BCUT2D eigenvalue weighted by molar-refractivity contribution is -0.385. The van der Waals surface area contributed by atoms with Crippen molar-refractivity contribution in [2.24, 2.45) is 0 Å². The first-order valence-electron chi connectivity index (χ1n) is 6.65.